The van der Waals surface area contributed by atoms with E-state index >= 15 is 0 Å². The van der Waals surface area contributed by atoms with Gasteiger partial charge in [-0.3, -0.25) is 4.79 Å². The molecule has 0 heterocycles. The van der Waals surface area contributed by atoms with Gasteiger partial charge in [-0.15, -0.1) is 0 Å². The summed E-state index contributed by atoms with van der Waals surface area (Å²) < 4.78 is 33.2. The molecule has 0 radical (unpaired) electrons. The second-order valence-corrected chi connectivity index (χ2v) is 9.36. The highest BCUT2D eigenvalue weighted by molar-refractivity contribution is 7.89. The van der Waals surface area contributed by atoms with Crippen LogP contribution in [0.1, 0.15) is 49.8 Å². The van der Waals surface area contributed by atoms with Crippen LogP contribution < -0.4 is 4.74 Å². The Bertz CT molecular complexity index is 1060. The van der Waals surface area contributed by atoms with E-state index < -0.39 is 22.0 Å². The Morgan fingerprint density at radius 3 is 2.32 bits per heavy atom. The lowest BCUT2D eigenvalue weighted by Gasteiger charge is -2.28. The summed E-state index contributed by atoms with van der Waals surface area (Å²) >= 11 is 0. The SMILES string of the molecule is CCC(C(=O)O)N(CCc1ccc(C(C)C)cc1)S(=O)(=O)c1cc(C#N)ccc1OC. The van der Waals surface area contributed by atoms with Crippen LogP contribution in [0.25, 0.3) is 0 Å². The molecule has 0 spiro atoms. The number of benzene rings is 2. The number of methoxy groups -OCH3 is 1. The van der Waals surface area contributed by atoms with Crippen molar-refractivity contribution in [3.05, 3.63) is 59.2 Å². The smallest absolute Gasteiger partial charge is 0.322 e. The molecule has 31 heavy (non-hydrogen) atoms. The number of carboxylic acid groups (broad SMARTS) is 1. The summed E-state index contributed by atoms with van der Waals surface area (Å²) in [6, 6.07) is 12.6. The number of carbonyl (C=O) groups is 1. The number of sulfonamides is 1. The van der Waals surface area contributed by atoms with E-state index in [1.165, 1.54) is 30.9 Å². The van der Waals surface area contributed by atoms with Crippen molar-refractivity contribution >= 4 is 16.0 Å². The molecule has 0 aliphatic rings. The van der Waals surface area contributed by atoms with Crippen LogP contribution in [0, 0.1) is 11.3 Å². The third kappa shape index (κ3) is 5.63. The van der Waals surface area contributed by atoms with Crippen LogP contribution in [0.5, 0.6) is 5.75 Å². The summed E-state index contributed by atoms with van der Waals surface area (Å²) in [6.45, 7) is 5.78. The first kappa shape index (κ1) is 24.4. The molecule has 0 fully saturated rings. The van der Waals surface area contributed by atoms with Crippen molar-refractivity contribution in [1.29, 1.82) is 5.26 Å². The van der Waals surface area contributed by atoms with E-state index in [0.717, 1.165) is 9.87 Å². The fourth-order valence-electron chi connectivity index (χ4n) is 3.33. The van der Waals surface area contributed by atoms with Gasteiger partial charge in [-0.1, -0.05) is 45.0 Å². The standard InChI is InChI=1S/C23H28N2O5S/c1-5-20(23(26)27)25(13-12-17-6-9-19(10-7-17)16(2)3)31(28,29)22-14-18(15-24)8-11-21(22)30-4/h6-11,14,16,20H,5,12-13H2,1-4H3,(H,26,27). The third-order valence-electron chi connectivity index (χ3n) is 5.17. The number of hydrogen-bond acceptors (Lipinski definition) is 5. The van der Waals surface area contributed by atoms with E-state index in [4.69, 9.17) is 4.74 Å². The number of aliphatic carboxylic acids is 1. The molecule has 0 aliphatic carbocycles. The molecule has 0 amide bonds. The molecule has 0 saturated heterocycles. The number of hydrogen-bond donors (Lipinski definition) is 1. The molecular formula is C23H28N2O5S. The van der Waals surface area contributed by atoms with Gasteiger partial charge in [-0.2, -0.15) is 9.57 Å². The van der Waals surface area contributed by atoms with Crippen molar-refractivity contribution in [1.82, 2.24) is 4.31 Å². The Morgan fingerprint density at radius 2 is 1.84 bits per heavy atom. The molecular weight excluding hydrogens is 416 g/mol. The summed E-state index contributed by atoms with van der Waals surface area (Å²) in [7, 11) is -2.92. The first-order chi connectivity index (χ1) is 14.6. The van der Waals surface area contributed by atoms with Crippen molar-refractivity contribution in [2.45, 2.75) is 50.5 Å². The van der Waals surface area contributed by atoms with Crippen LogP contribution in [0.4, 0.5) is 0 Å². The van der Waals surface area contributed by atoms with Gasteiger partial charge < -0.3 is 9.84 Å². The molecule has 7 nitrogen and oxygen atoms in total. The second-order valence-electron chi connectivity index (χ2n) is 7.50. The van der Waals surface area contributed by atoms with Gasteiger partial charge in [-0.25, -0.2) is 8.42 Å². The maximum absolute atomic E-state index is 13.5. The highest BCUT2D eigenvalue weighted by Gasteiger charge is 2.36. The lowest BCUT2D eigenvalue weighted by molar-refractivity contribution is -0.141. The van der Waals surface area contributed by atoms with Crippen LogP contribution >= 0.6 is 0 Å². The number of ether oxygens (including phenoxy) is 1. The van der Waals surface area contributed by atoms with E-state index in [9.17, 15) is 23.6 Å². The van der Waals surface area contributed by atoms with Gasteiger partial charge in [0, 0.05) is 6.54 Å². The zero-order chi connectivity index (χ0) is 23.2. The second kappa shape index (κ2) is 10.4. The molecule has 0 saturated carbocycles. The zero-order valence-electron chi connectivity index (χ0n) is 18.2. The first-order valence-electron chi connectivity index (χ1n) is 10.1. The average molecular weight is 445 g/mol. The molecule has 1 atom stereocenters. The fraction of sp³-hybridized carbons (Fsp3) is 0.391. The van der Waals surface area contributed by atoms with E-state index in [1.807, 2.05) is 30.3 Å². The van der Waals surface area contributed by atoms with Gasteiger partial charge in [0.15, 0.2) is 0 Å². The predicted molar refractivity (Wildman–Crippen MR) is 118 cm³/mol. The van der Waals surface area contributed by atoms with Crippen LogP contribution in [-0.2, 0) is 21.2 Å². The van der Waals surface area contributed by atoms with Gasteiger partial charge in [0.1, 0.15) is 16.7 Å². The molecule has 2 rings (SSSR count). The molecule has 0 aliphatic heterocycles. The third-order valence-corrected chi connectivity index (χ3v) is 7.10. The van der Waals surface area contributed by atoms with Crippen LogP contribution in [0.2, 0.25) is 0 Å². The van der Waals surface area contributed by atoms with Gasteiger partial charge in [0.05, 0.1) is 18.7 Å². The molecule has 166 valence electrons. The summed E-state index contributed by atoms with van der Waals surface area (Å²) in [4.78, 5) is 11.7. The lowest BCUT2D eigenvalue weighted by atomic mass is 10.0. The van der Waals surface area contributed by atoms with Gasteiger partial charge in [0.25, 0.3) is 0 Å². The Kier molecular flexibility index (Phi) is 8.20. The lowest BCUT2D eigenvalue weighted by Crippen LogP contribution is -2.45. The fourth-order valence-corrected chi connectivity index (χ4v) is 5.17. The Morgan fingerprint density at radius 1 is 1.19 bits per heavy atom. The van der Waals surface area contributed by atoms with Crippen molar-refractivity contribution in [3.63, 3.8) is 0 Å². The molecule has 0 aromatic heterocycles. The number of carboxylic acids is 1. The summed E-state index contributed by atoms with van der Waals surface area (Å²) in [5, 5.41) is 18.9. The molecule has 8 heteroatoms. The highest BCUT2D eigenvalue weighted by atomic mass is 32.2. The Hall–Kier alpha value is -2.89. The van der Waals surface area contributed by atoms with Crippen LogP contribution in [0.3, 0.4) is 0 Å². The Balaban J connectivity index is 2.46. The zero-order valence-corrected chi connectivity index (χ0v) is 19.0. The maximum atomic E-state index is 13.5. The van der Waals surface area contributed by atoms with Gasteiger partial charge in [0.2, 0.25) is 10.0 Å². The highest BCUT2D eigenvalue weighted by Crippen LogP contribution is 2.30. The van der Waals surface area contributed by atoms with Crippen molar-refractivity contribution in [2.24, 2.45) is 0 Å². The largest absolute Gasteiger partial charge is 0.495 e. The molecule has 1 unspecified atom stereocenters. The molecule has 0 bridgehead atoms. The monoisotopic (exact) mass is 444 g/mol. The quantitative estimate of drug-likeness (QED) is 0.597. The van der Waals surface area contributed by atoms with E-state index in [0.29, 0.717) is 12.3 Å². The maximum Gasteiger partial charge on any atom is 0.322 e. The number of nitrogens with zero attached hydrogens (tertiary/aromatic N) is 2. The van der Waals surface area contributed by atoms with E-state index in [-0.39, 0.29) is 29.2 Å². The average Bonchev–Trinajstić information content (AvgIpc) is 2.75. The molecule has 2 aromatic rings. The van der Waals surface area contributed by atoms with Crippen molar-refractivity contribution < 1.29 is 23.1 Å². The number of rotatable bonds is 10. The van der Waals surface area contributed by atoms with E-state index in [1.54, 1.807) is 6.92 Å². The predicted octanol–water partition coefficient (Wildman–Crippen LogP) is 3.79. The summed E-state index contributed by atoms with van der Waals surface area (Å²) in [5.41, 5.74) is 2.22. The Labute approximate surface area is 183 Å². The minimum atomic E-state index is -4.25. The van der Waals surface area contributed by atoms with Crippen molar-refractivity contribution in [3.8, 4) is 11.8 Å². The minimum absolute atomic E-state index is 0.0197. The normalized spacial score (nSPS) is 12.5. The molecule has 2 aromatic carbocycles. The minimum Gasteiger partial charge on any atom is -0.495 e. The van der Waals surface area contributed by atoms with Crippen LogP contribution in [0.15, 0.2) is 47.4 Å². The van der Waals surface area contributed by atoms with Crippen molar-refractivity contribution in [2.75, 3.05) is 13.7 Å². The summed E-state index contributed by atoms with van der Waals surface area (Å²) in [5.74, 6) is -0.788. The van der Waals surface area contributed by atoms with Gasteiger partial charge >= 0.3 is 5.97 Å². The van der Waals surface area contributed by atoms with E-state index in [2.05, 4.69) is 13.8 Å². The van der Waals surface area contributed by atoms with Crippen LogP contribution in [-0.4, -0.2) is 43.5 Å². The summed E-state index contributed by atoms with van der Waals surface area (Å²) in [6.07, 6.45) is 0.447. The van der Waals surface area contributed by atoms with Gasteiger partial charge in [-0.05, 0) is 48.1 Å². The first-order valence-corrected chi connectivity index (χ1v) is 11.5. The molecule has 1 N–H and O–H groups in total. The topological polar surface area (TPSA) is 108 Å². The number of nitriles is 1.